The number of carbonyl (C=O) groups is 2. The summed E-state index contributed by atoms with van der Waals surface area (Å²) < 4.78 is 0.616. The van der Waals surface area contributed by atoms with E-state index >= 15 is 0 Å². The summed E-state index contributed by atoms with van der Waals surface area (Å²) in [5.74, 6) is -0.891. The van der Waals surface area contributed by atoms with Gasteiger partial charge in [-0.25, -0.2) is 0 Å². The number of phenols is 1. The molecule has 0 fully saturated rings. The zero-order chi connectivity index (χ0) is 17.9. The number of rotatable bonds is 10. The fraction of sp³-hybridized carbons (Fsp3) is 0.278. The lowest BCUT2D eigenvalue weighted by atomic mass is 10.1. The molecule has 2 N–H and O–H groups in total. The van der Waals surface area contributed by atoms with Crippen molar-refractivity contribution < 1.29 is 19.8 Å². The second kappa shape index (κ2) is 10.8. The third-order valence-corrected chi connectivity index (χ3v) is 4.45. The summed E-state index contributed by atoms with van der Waals surface area (Å²) in [5, 5.41) is 18.5. The van der Waals surface area contributed by atoms with Gasteiger partial charge in [0.05, 0.1) is 9.10 Å². The minimum Gasteiger partial charge on any atom is -0.507 e. The van der Waals surface area contributed by atoms with Crippen molar-refractivity contribution in [3.63, 3.8) is 0 Å². The van der Waals surface area contributed by atoms with Crippen LogP contribution >= 0.6 is 24.0 Å². The quantitative estimate of drug-likeness (QED) is 0.274. The number of benzene rings is 1. The molecule has 0 saturated heterocycles. The van der Waals surface area contributed by atoms with Gasteiger partial charge < -0.3 is 10.2 Å². The minimum absolute atomic E-state index is 0.0494. The van der Waals surface area contributed by atoms with Gasteiger partial charge >= 0.3 is 5.97 Å². The molecule has 128 valence electrons. The number of hydrogen-bond acceptors (Lipinski definition) is 5. The lowest BCUT2D eigenvalue weighted by Gasteiger charge is -2.08. The standard InChI is InChI=1S/C18H20O4S2/c1-2-7-18(23)24-16(12-13-8-3-4-9-14(13)19)15(20)10-5-6-11-17(21)22/h2-4,8-9,12,19H,1,5-7,10-11H2,(H,21,22)/b16-12-. The van der Waals surface area contributed by atoms with Gasteiger partial charge in [-0.05, 0) is 25.0 Å². The molecule has 0 aliphatic rings. The van der Waals surface area contributed by atoms with Crippen LogP contribution in [0.1, 0.15) is 37.7 Å². The molecule has 0 heterocycles. The maximum atomic E-state index is 12.4. The molecule has 0 radical (unpaired) electrons. The van der Waals surface area contributed by atoms with Gasteiger partial charge in [-0.1, -0.05) is 48.3 Å². The Balaban J connectivity index is 2.86. The number of aliphatic carboxylic acids is 1. The first kappa shape index (κ1) is 20.1. The van der Waals surface area contributed by atoms with E-state index in [0.717, 1.165) is 0 Å². The van der Waals surface area contributed by atoms with Gasteiger partial charge in [0.15, 0.2) is 5.78 Å². The largest absolute Gasteiger partial charge is 0.507 e. The number of carbonyl (C=O) groups excluding carboxylic acids is 1. The predicted molar refractivity (Wildman–Crippen MR) is 102 cm³/mol. The molecule has 0 unspecified atom stereocenters. The third kappa shape index (κ3) is 7.57. The number of para-hydroxylation sites is 1. The second-order valence-corrected chi connectivity index (χ2v) is 6.95. The minimum atomic E-state index is -0.867. The summed E-state index contributed by atoms with van der Waals surface area (Å²) in [7, 11) is 0. The molecule has 0 bridgehead atoms. The highest BCUT2D eigenvalue weighted by molar-refractivity contribution is 8.26. The van der Waals surface area contributed by atoms with Crippen molar-refractivity contribution in [2.24, 2.45) is 0 Å². The number of thiocarbonyl (C=S) groups is 1. The molecule has 0 aliphatic carbocycles. The summed E-state index contributed by atoms with van der Waals surface area (Å²) in [4.78, 5) is 23.4. The molecule has 1 aromatic carbocycles. The van der Waals surface area contributed by atoms with Crippen molar-refractivity contribution in [3.8, 4) is 5.75 Å². The summed E-state index contributed by atoms with van der Waals surface area (Å²) in [5.41, 5.74) is 0.542. The highest BCUT2D eigenvalue weighted by Gasteiger charge is 2.14. The summed E-state index contributed by atoms with van der Waals surface area (Å²) in [6, 6.07) is 6.74. The lowest BCUT2D eigenvalue weighted by Crippen LogP contribution is -2.03. The molecule has 0 spiro atoms. The normalized spacial score (nSPS) is 11.1. The van der Waals surface area contributed by atoms with Gasteiger partial charge in [0, 0.05) is 24.8 Å². The van der Waals surface area contributed by atoms with E-state index in [1.54, 1.807) is 36.4 Å². The first-order chi connectivity index (χ1) is 11.4. The van der Waals surface area contributed by atoms with Gasteiger partial charge in [-0.2, -0.15) is 0 Å². The number of aromatic hydroxyl groups is 1. The fourth-order valence-corrected chi connectivity index (χ4v) is 3.12. The van der Waals surface area contributed by atoms with Gasteiger partial charge in [0.1, 0.15) is 5.75 Å². The van der Waals surface area contributed by atoms with E-state index in [1.807, 2.05) is 0 Å². The summed E-state index contributed by atoms with van der Waals surface area (Å²) >= 11 is 6.42. The molecule has 0 aliphatic heterocycles. The monoisotopic (exact) mass is 364 g/mol. The van der Waals surface area contributed by atoms with Crippen LogP contribution in [0.4, 0.5) is 0 Å². The van der Waals surface area contributed by atoms with E-state index in [0.29, 0.717) is 33.9 Å². The molecule has 6 heteroatoms. The highest BCUT2D eigenvalue weighted by atomic mass is 32.2. The maximum absolute atomic E-state index is 12.4. The van der Waals surface area contributed by atoms with Crippen LogP contribution in [0.25, 0.3) is 6.08 Å². The van der Waals surface area contributed by atoms with E-state index in [4.69, 9.17) is 17.3 Å². The van der Waals surface area contributed by atoms with Crippen LogP contribution in [-0.2, 0) is 9.59 Å². The van der Waals surface area contributed by atoms with Crippen molar-refractivity contribution in [2.75, 3.05) is 0 Å². The number of ketones is 1. The van der Waals surface area contributed by atoms with Crippen molar-refractivity contribution in [1.29, 1.82) is 0 Å². The maximum Gasteiger partial charge on any atom is 0.303 e. The van der Waals surface area contributed by atoms with Crippen LogP contribution in [0.15, 0.2) is 41.8 Å². The highest BCUT2D eigenvalue weighted by Crippen LogP contribution is 2.28. The van der Waals surface area contributed by atoms with Gasteiger partial charge in [-0.3, -0.25) is 9.59 Å². The Morgan fingerprint density at radius 3 is 2.50 bits per heavy atom. The van der Waals surface area contributed by atoms with E-state index in [2.05, 4.69) is 6.58 Å². The van der Waals surface area contributed by atoms with Crippen LogP contribution in [0, 0.1) is 0 Å². The number of carboxylic acids is 1. The van der Waals surface area contributed by atoms with E-state index in [9.17, 15) is 14.7 Å². The van der Waals surface area contributed by atoms with Crippen molar-refractivity contribution >= 4 is 46.0 Å². The number of thioether (sulfide) groups is 1. The fourth-order valence-electron chi connectivity index (χ4n) is 1.88. The van der Waals surface area contributed by atoms with Crippen LogP contribution < -0.4 is 0 Å². The molecule has 24 heavy (non-hydrogen) atoms. The molecule has 0 atom stereocenters. The Morgan fingerprint density at radius 2 is 1.88 bits per heavy atom. The van der Waals surface area contributed by atoms with Crippen LogP contribution in [0.3, 0.4) is 0 Å². The number of allylic oxidation sites excluding steroid dienone is 2. The number of phenolic OH excluding ortho intramolecular Hbond substituents is 1. The van der Waals surface area contributed by atoms with Crippen LogP contribution in [0.5, 0.6) is 5.75 Å². The van der Waals surface area contributed by atoms with Crippen LogP contribution in [0.2, 0.25) is 0 Å². The molecule has 0 saturated carbocycles. The summed E-state index contributed by atoms with van der Waals surface area (Å²) in [6.07, 6.45) is 5.04. The smallest absolute Gasteiger partial charge is 0.303 e. The molecule has 1 rings (SSSR count). The van der Waals surface area contributed by atoms with E-state index in [-0.39, 0.29) is 24.4 Å². The topological polar surface area (TPSA) is 74.6 Å². The Hall–Kier alpha value is -1.92. The molecule has 0 amide bonds. The number of hydrogen-bond donors (Lipinski definition) is 2. The zero-order valence-corrected chi connectivity index (χ0v) is 14.9. The van der Waals surface area contributed by atoms with Crippen molar-refractivity contribution in [3.05, 3.63) is 47.4 Å². The van der Waals surface area contributed by atoms with E-state index < -0.39 is 5.97 Å². The van der Waals surface area contributed by atoms with Gasteiger partial charge in [0.25, 0.3) is 0 Å². The second-order valence-electron chi connectivity index (χ2n) is 5.06. The molecule has 4 nitrogen and oxygen atoms in total. The molecular weight excluding hydrogens is 344 g/mol. The average molecular weight is 364 g/mol. The molecule has 1 aromatic rings. The van der Waals surface area contributed by atoms with Gasteiger partial charge in [-0.15, -0.1) is 6.58 Å². The Morgan fingerprint density at radius 1 is 1.21 bits per heavy atom. The van der Waals surface area contributed by atoms with Gasteiger partial charge in [0.2, 0.25) is 0 Å². The third-order valence-electron chi connectivity index (χ3n) is 3.08. The first-order valence-electron chi connectivity index (χ1n) is 7.50. The predicted octanol–water partition coefficient (Wildman–Crippen LogP) is 4.58. The molecular formula is C18H20O4S2. The summed E-state index contributed by atoms with van der Waals surface area (Å²) in [6.45, 7) is 3.63. The Labute approximate surface area is 151 Å². The molecule has 0 aromatic heterocycles. The van der Waals surface area contributed by atoms with Crippen LogP contribution in [-0.4, -0.2) is 26.2 Å². The lowest BCUT2D eigenvalue weighted by molar-refractivity contribution is -0.137. The first-order valence-corrected chi connectivity index (χ1v) is 8.72. The number of Topliss-reactive ketones (excluding diaryl/α,β-unsaturated/α-hetero) is 1. The zero-order valence-electron chi connectivity index (χ0n) is 13.2. The van der Waals surface area contributed by atoms with Crippen molar-refractivity contribution in [2.45, 2.75) is 32.1 Å². The SMILES string of the molecule is C=CCC(=S)S/C(=C\c1ccccc1O)C(=O)CCCCC(=O)O. The van der Waals surface area contributed by atoms with E-state index in [1.165, 1.54) is 11.8 Å². The average Bonchev–Trinajstić information content (AvgIpc) is 2.52. The number of carboxylic acid groups (broad SMARTS) is 1. The Bertz CT molecular complexity index is 650. The number of unbranched alkanes of at least 4 members (excludes halogenated alkanes) is 1. The Kier molecular flexibility index (Phi) is 9.04. The van der Waals surface area contributed by atoms with Crippen molar-refractivity contribution in [1.82, 2.24) is 0 Å².